The van der Waals surface area contributed by atoms with Crippen molar-refractivity contribution in [2.75, 3.05) is 13.1 Å². The minimum Gasteiger partial charge on any atom is -0.326 e. The predicted octanol–water partition coefficient (Wildman–Crippen LogP) is 1.60. The molecule has 2 rings (SSSR count). The Morgan fingerprint density at radius 3 is 2.62 bits per heavy atom. The van der Waals surface area contributed by atoms with Crippen molar-refractivity contribution in [3.8, 4) is 0 Å². The predicted molar refractivity (Wildman–Crippen MR) is 55.6 cm³/mol. The summed E-state index contributed by atoms with van der Waals surface area (Å²) < 4.78 is 0. The van der Waals surface area contributed by atoms with Crippen molar-refractivity contribution in [1.29, 1.82) is 0 Å². The molecule has 0 aromatic carbocycles. The number of hydrogen-bond acceptors (Lipinski definition) is 2. The molecule has 1 aliphatic heterocycles. The average molecular weight is 182 g/mol. The van der Waals surface area contributed by atoms with Gasteiger partial charge in [0.2, 0.25) is 0 Å². The Morgan fingerprint density at radius 2 is 2.00 bits per heavy atom. The van der Waals surface area contributed by atoms with E-state index in [1.165, 1.54) is 45.2 Å². The SMILES string of the molecule is CC1C(N)CCCN1CC1CCC1. The maximum atomic E-state index is 6.06. The number of nitrogens with zero attached hydrogens (tertiary/aromatic N) is 1. The Labute approximate surface area is 81.5 Å². The second kappa shape index (κ2) is 3.97. The molecular weight excluding hydrogens is 160 g/mol. The van der Waals surface area contributed by atoms with Gasteiger partial charge in [0.05, 0.1) is 0 Å². The molecule has 0 spiro atoms. The molecule has 2 heteroatoms. The molecule has 2 aliphatic rings. The lowest BCUT2D eigenvalue weighted by molar-refractivity contribution is 0.0966. The zero-order valence-corrected chi connectivity index (χ0v) is 8.71. The zero-order valence-electron chi connectivity index (χ0n) is 8.71. The van der Waals surface area contributed by atoms with Crippen LogP contribution in [0.25, 0.3) is 0 Å². The molecule has 1 saturated heterocycles. The van der Waals surface area contributed by atoms with Crippen LogP contribution in [0, 0.1) is 5.92 Å². The van der Waals surface area contributed by atoms with E-state index in [0.29, 0.717) is 12.1 Å². The molecule has 0 amide bonds. The smallest absolute Gasteiger partial charge is 0.0219 e. The highest BCUT2D eigenvalue weighted by Crippen LogP contribution is 2.29. The van der Waals surface area contributed by atoms with E-state index >= 15 is 0 Å². The van der Waals surface area contributed by atoms with Crippen LogP contribution in [-0.2, 0) is 0 Å². The van der Waals surface area contributed by atoms with Crippen molar-refractivity contribution in [3.05, 3.63) is 0 Å². The molecule has 0 aromatic heterocycles. The van der Waals surface area contributed by atoms with Gasteiger partial charge in [-0.05, 0) is 45.1 Å². The normalized spacial score (nSPS) is 37.4. The summed E-state index contributed by atoms with van der Waals surface area (Å²) in [6, 6.07) is 1.04. The van der Waals surface area contributed by atoms with Gasteiger partial charge in [-0.15, -0.1) is 0 Å². The standard InChI is InChI=1S/C11H22N2/c1-9-11(12)6-3-7-13(9)8-10-4-2-5-10/h9-11H,2-8,12H2,1H3. The second-order valence-corrected chi connectivity index (χ2v) is 4.84. The quantitative estimate of drug-likeness (QED) is 0.703. The molecule has 1 saturated carbocycles. The largest absolute Gasteiger partial charge is 0.326 e. The molecule has 2 nitrogen and oxygen atoms in total. The van der Waals surface area contributed by atoms with Crippen molar-refractivity contribution >= 4 is 0 Å². The third-order valence-corrected chi connectivity index (χ3v) is 3.90. The first-order valence-corrected chi connectivity index (χ1v) is 5.77. The molecule has 1 aliphatic carbocycles. The third-order valence-electron chi connectivity index (χ3n) is 3.90. The molecule has 76 valence electrons. The number of rotatable bonds is 2. The van der Waals surface area contributed by atoms with Crippen LogP contribution in [0.2, 0.25) is 0 Å². The van der Waals surface area contributed by atoms with Crippen molar-refractivity contribution in [2.45, 2.75) is 51.1 Å². The number of piperidine rings is 1. The van der Waals surface area contributed by atoms with Crippen molar-refractivity contribution in [2.24, 2.45) is 11.7 Å². The van der Waals surface area contributed by atoms with E-state index in [4.69, 9.17) is 5.73 Å². The van der Waals surface area contributed by atoms with Crippen LogP contribution >= 0.6 is 0 Å². The van der Waals surface area contributed by atoms with Gasteiger partial charge >= 0.3 is 0 Å². The fourth-order valence-electron chi connectivity index (χ4n) is 2.51. The summed E-state index contributed by atoms with van der Waals surface area (Å²) in [6.07, 6.45) is 6.90. The molecule has 0 bridgehead atoms. The summed E-state index contributed by atoms with van der Waals surface area (Å²) in [6.45, 7) is 4.89. The van der Waals surface area contributed by atoms with E-state index in [1.807, 2.05) is 0 Å². The first kappa shape index (κ1) is 9.47. The topological polar surface area (TPSA) is 29.3 Å². The van der Waals surface area contributed by atoms with Crippen LogP contribution in [0.4, 0.5) is 0 Å². The molecule has 2 atom stereocenters. The van der Waals surface area contributed by atoms with Crippen molar-refractivity contribution in [1.82, 2.24) is 4.90 Å². The number of likely N-dealkylation sites (tertiary alicyclic amines) is 1. The monoisotopic (exact) mass is 182 g/mol. The second-order valence-electron chi connectivity index (χ2n) is 4.84. The van der Waals surface area contributed by atoms with Gasteiger partial charge in [0.1, 0.15) is 0 Å². The Bertz CT molecular complexity index is 165. The van der Waals surface area contributed by atoms with Crippen molar-refractivity contribution in [3.63, 3.8) is 0 Å². The van der Waals surface area contributed by atoms with Crippen LogP contribution in [-0.4, -0.2) is 30.1 Å². The Morgan fingerprint density at radius 1 is 1.23 bits per heavy atom. The van der Waals surface area contributed by atoms with Gasteiger partial charge in [-0.2, -0.15) is 0 Å². The highest BCUT2D eigenvalue weighted by atomic mass is 15.2. The van der Waals surface area contributed by atoms with Crippen LogP contribution in [0.3, 0.4) is 0 Å². The summed E-state index contributed by atoms with van der Waals surface area (Å²) >= 11 is 0. The van der Waals surface area contributed by atoms with Crippen LogP contribution in [0.1, 0.15) is 39.0 Å². The Hall–Kier alpha value is -0.0800. The van der Waals surface area contributed by atoms with Gasteiger partial charge in [-0.3, -0.25) is 4.90 Å². The summed E-state index contributed by atoms with van der Waals surface area (Å²) in [5.41, 5.74) is 6.06. The first-order valence-electron chi connectivity index (χ1n) is 5.77. The molecule has 2 fully saturated rings. The first-order chi connectivity index (χ1) is 6.27. The molecule has 1 heterocycles. The summed E-state index contributed by atoms with van der Waals surface area (Å²) in [5.74, 6) is 0.993. The Balaban J connectivity index is 1.82. The fraction of sp³-hybridized carbons (Fsp3) is 1.00. The van der Waals surface area contributed by atoms with Gasteiger partial charge in [-0.25, -0.2) is 0 Å². The highest BCUT2D eigenvalue weighted by molar-refractivity contribution is 4.86. The van der Waals surface area contributed by atoms with Crippen LogP contribution in [0.15, 0.2) is 0 Å². The lowest BCUT2D eigenvalue weighted by Gasteiger charge is -2.41. The summed E-state index contributed by atoms with van der Waals surface area (Å²) in [7, 11) is 0. The van der Waals surface area contributed by atoms with Gasteiger partial charge in [0.25, 0.3) is 0 Å². The molecule has 2 unspecified atom stereocenters. The molecule has 0 aromatic rings. The Kier molecular flexibility index (Phi) is 2.89. The van der Waals surface area contributed by atoms with Gasteiger partial charge in [0.15, 0.2) is 0 Å². The van der Waals surface area contributed by atoms with Crippen molar-refractivity contribution < 1.29 is 0 Å². The van der Waals surface area contributed by atoms with Crippen LogP contribution in [0.5, 0.6) is 0 Å². The van der Waals surface area contributed by atoms with E-state index < -0.39 is 0 Å². The molecule has 2 N–H and O–H groups in total. The lowest BCUT2D eigenvalue weighted by Crippen LogP contribution is -2.52. The fourth-order valence-corrected chi connectivity index (χ4v) is 2.51. The minimum absolute atomic E-state index is 0.425. The number of nitrogens with two attached hydrogens (primary N) is 1. The van der Waals surface area contributed by atoms with E-state index in [0.717, 1.165) is 5.92 Å². The average Bonchev–Trinajstić information content (AvgIpc) is 2.04. The third kappa shape index (κ3) is 2.05. The maximum absolute atomic E-state index is 6.06. The number of hydrogen-bond donors (Lipinski definition) is 1. The lowest BCUT2D eigenvalue weighted by atomic mass is 9.84. The van der Waals surface area contributed by atoms with E-state index in [2.05, 4.69) is 11.8 Å². The molecular formula is C11H22N2. The summed E-state index contributed by atoms with van der Waals surface area (Å²) in [4.78, 5) is 2.61. The van der Waals surface area contributed by atoms with E-state index in [1.54, 1.807) is 0 Å². The van der Waals surface area contributed by atoms with Gasteiger partial charge in [-0.1, -0.05) is 6.42 Å². The zero-order chi connectivity index (χ0) is 9.26. The van der Waals surface area contributed by atoms with Gasteiger partial charge in [0, 0.05) is 18.6 Å². The summed E-state index contributed by atoms with van der Waals surface area (Å²) in [5, 5.41) is 0. The van der Waals surface area contributed by atoms with Crippen LogP contribution < -0.4 is 5.73 Å². The maximum Gasteiger partial charge on any atom is 0.0219 e. The highest BCUT2D eigenvalue weighted by Gasteiger charge is 2.28. The minimum atomic E-state index is 0.425. The van der Waals surface area contributed by atoms with E-state index in [9.17, 15) is 0 Å². The van der Waals surface area contributed by atoms with Gasteiger partial charge < -0.3 is 5.73 Å². The van der Waals surface area contributed by atoms with E-state index in [-0.39, 0.29) is 0 Å². The molecule has 13 heavy (non-hydrogen) atoms. The molecule has 0 radical (unpaired) electrons.